The van der Waals surface area contributed by atoms with Crippen LogP contribution in [0.4, 0.5) is 4.39 Å². The van der Waals surface area contributed by atoms with Crippen molar-refractivity contribution in [3.8, 4) is 0 Å². The SMILES string of the molecule is CCC(=O)CCCc1ccc(F)cc1Cl. The normalized spacial score (nSPS) is 10.3. The zero-order valence-corrected chi connectivity index (χ0v) is 9.48. The summed E-state index contributed by atoms with van der Waals surface area (Å²) in [6.07, 6.45) is 2.66. The molecule has 0 aliphatic heterocycles. The molecule has 15 heavy (non-hydrogen) atoms. The number of Topliss-reactive ketones (excluding diaryl/α,β-unsaturated/α-hetero) is 1. The van der Waals surface area contributed by atoms with E-state index in [1.54, 1.807) is 6.07 Å². The fourth-order valence-electron chi connectivity index (χ4n) is 1.38. The number of halogens is 2. The Morgan fingerprint density at radius 2 is 2.20 bits per heavy atom. The predicted octanol–water partition coefficient (Wildman–Crippen LogP) is 3.78. The fraction of sp³-hybridized carbons (Fsp3) is 0.417. The number of aryl methyl sites for hydroxylation is 1. The van der Waals surface area contributed by atoms with Crippen LogP contribution in [-0.2, 0) is 11.2 Å². The molecular weight excluding hydrogens is 215 g/mol. The first-order valence-corrected chi connectivity index (χ1v) is 5.47. The lowest BCUT2D eigenvalue weighted by atomic mass is 10.1. The first-order valence-electron chi connectivity index (χ1n) is 5.09. The number of carbonyl (C=O) groups is 1. The average Bonchev–Trinajstić information content (AvgIpc) is 2.21. The van der Waals surface area contributed by atoms with Crippen LogP contribution in [0, 0.1) is 5.82 Å². The van der Waals surface area contributed by atoms with Gasteiger partial charge >= 0.3 is 0 Å². The molecule has 3 heteroatoms. The third kappa shape index (κ3) is 4.00. The van der Waals surface area contributed by atoms with Crippen LogP contribution in [0.25, 0.3) is 0 Å². The van der Waals surface area contributed by atoms with Crippen LogP contribution in [-0.4, -0.2) is 5.78 Å². The molecule has 1 aromatic rings. The Kier molecular flexibility index (Phi) is 4.76. The second-order valence-corrected chi connectivity index (χ2v) is 3.89. The number of benzene rings is 1. The van der Waals surface area contributed by atoms with Gasteiger partial charge in [-0.1, -0.05) is 24.6 Å². The third-order valence-corrected chi connectivity index (χ3v) is 2.66. The van der Waals surface area contributed by atoms with Crippen molar-refractivity contribution in [2.24, 2.45) is 0 Å². The summed E-state index contributed by atoms with van der Waals surface area (Å²) in [6, 6.07) is 4.37. The predicted molar refractivity (Wildman–Crippen MR) is 59.6 cm³/mol. The van der Waals surface area contributed by atoms with E-state index < -0.39 is 0 Å². The highest BCUT2D eigenvalue weighted by Gasteiger charge is 2.03. The highest BCUT2D eigenvalue weighted by molar-refractivity contribution is 6.31. The molecule has 82 valence electrons. The summed E-state index contributed by atoms with van der Waals surface area (Å²) in [6.45, 7) is 1.85. The standard InChI is InChI=1S/C12H14ClFO/c1-2-11(15)5-3-4-9-6-7-10(14)8-12(9)13/h6-8H,2-5H2,1H3. The van der Waals surface area contributed by atoms with Gasteiger partial charge in [-0.25, -0.2) is 4.39 Å². The van der Waals surface area contributed by atoms with Crippen molar-refractivity contribution in [3.05, 3.63) is 34.6 Å². The van der Waals surface area contributed by atoms with E-state index >= 15 is 0 Å². The van der Waals surface area contributed by atoms with Crippen LogP contribution in [0.2, 0.25) is 5.02 Å². The highest BCUT2D eigenvalue weighted by Crippen LogP contribution is 2.19. The van der Waals surface area contributed by atoms with E-state index in [0.717, 1.165) is 18.4 Å². The summed E-state index contributed by atoms with van der Waals surface area (Å²) in [7, 11) is 0. The first-order chi connectivity index (χ1) is 7.13. The summed E-state index contributed by atoms with van der Waals surface area (Å²) in [5.41, 5.74) is 0.905. The smallest absolute Gasteiger partial charge is 0.132 e. The largest absolute Gasteiger partial charge is 0.300 e. The minimum Gasteiger partial charge on any atom is -0.300 e. The summed E-state index contributed by atoms with van der Waals surface area (Å²) in [4.78, 5) is 11.0. The van der Waals surface area contributed by atoms with Gasteiger partial charge in [0.15, 0.2) is 0 Å². The fourth-order valence-corrected chi connectivity index (χ4v) is 1.64. The topological polar surface area (TPSA) is 17.1 Å². The molecule has 0 radical (unpaired) electrons. The van der Waals surface area contributed by atoms with Crippen molar-refractivity contribution in [1.29, 1.82) is 0 Å². The average molecular weight is 229 g/mol. The van der Waals surface area contributed by atoms with Crippen molar-refractivity contribution in [3.63, 3.8) is 0 Å². The van der Waals surface area contributed by atoms with Gasteiger partial charge < -0.3 is 0 Å². The van der Waals surface area contributed by atoms with Gasteiger partial charge in [0.05, 0.1) is 0 Å². The Morgan fingerprint density at radius 3 is 2.80 bits per heavy atom. The molecule has 0 saturated carbocycles. The number of hydrogen-bond donors (Lipinski definition) is 0. The van der Waals surface area contributed by atoms with Gasteiger partial charge in [-0.05, 0) is 30.5 Å². The lowest BCUT2D eigenvalue weighted by Gasteiger charge is -2.03. The second-order valence-electron chi connectivity index (χ2n) is 3.48. The molecule has 0 unspecified atom stereocenters. The van der Waals surface area contributed by atoms with Crippen LogP contribution in [0.15, 0.2) is 18.2 Å². The van der Waals surface area contributed by atoms with E-state index in [4.69, 9.17) is 11.6 Å². The Balaban J connectivity index is 2.47. The van der Waals surface area contributed by atoms with Crippen molar-refractivity contribution in [2.75, 3.05) is 0 Å². The summed E-state index contributed by atoms with van der Waals surface area (Å²) >= 11 is 5.85. The molecule has 1 nitrogen and oxygen atoms in total. The molecule has 1 aromatic carbocycles. The molecule has 0 amide bonds. The Morgan fingerprint density at radius 1 is 1.47 bits per heavy atom. The van der Waals surface area contributed by atoms with Crippen LogP contribution in [0.1, 0.15) is 31.7 Å². The Hall–Kier alpha value is -0.890. The molecule has 0 N–H and O–H groups in total. The van der Waals surface area contributed by atoms with Crippen LogP contribution < -0.4 is 0 Å². The maximum atomic E-state index is 12.7. The molecule has 1 rings (SSSR count). The van der Waals surface area contributed by atoms with E-state index in [1.165, 1.54) is 12.1 Å². The quantitative estimate of drug-likeness (QED) is 0.750. The number of rotatable bonds is 5. The number of ketones is 1. The Labute approximate surface area is 94.3 Å². The van der Waals surface area contributed by atoms with Gasteiger partial charge in [-0.2, -0.15) is 0 Å². The van der Waals surface area contributed by atoms with E-state index in [9.17, 15) is 9.18 Å². The lowest BCUT2D eigenvalue weighted by Crippen LogP contribution is -1.96. The van der Waals surface area contributed by atoms with Gasteiger partial charge in [0.1, 0.15) is 11.6 Å². The molecule has 0 aromatic heterocycles. The minimum absolute atomic E-state index is 0.258. The number of carbonyl (C=O) groups excluding carboxylic acids is 1. The number of hydrogen-bond acceptors (Lipinski definition) is 1. The van der Waals surface area contributed by atoms with Gasteiger partial charge in [0.2, 0.25) is 0 Å². The zero-order valence-electron chi connectivity index (χ0n) is 8.72. The van der Waals surface area contributed by atoms with Crippen LogP contribution in [0.3, 0.4) is 0 Å². The molecule has 0 heterocycles. The summed E-state index contributed by atoms with van der Waals surface area (Å²) in [5.74, 6) is -0.0679. The Bertz CT molecular complexity index is 349. The molecule has 0 aliphatic rings. The van der Waals surface area contributed by atoms with Gasteiger partial charge in [0.25, 0.3) is 0 Å². The zero-order chi connectivity index (χ0) is 11.3. The highest BCUT2D eigenvalue weighted by atomic mass is 35.5. The minimum atomic E-state index is -0.326. The van der Waals surface area contributed by atoms with Crippen LogP contribution >= 0.6 is 11.6 Å². The maximum absolute atomic E-state index is 12.7. The molecule has 0 saturated heterocycles. The summed E-state index contributed by atoms with van der Waals surface area (Å²) < 4.78 is 12.7. The second kappa shape index (κ2) is 5.86. The molecule has 0 bridgehead atoms. The van der Waals surface area contributed by atoms with Crippen LogP contribution in [0.5, 0.6) is 0 Å². The van der Waals surface area contributed by atoms with Gasteiger partial charge in [-0.15, -0.1) is 0 Å². The van der Waals surface area contributed by atoms with Crippen molar-refractivity contribution >= 4 is 17.4 Å². The molecule has 0 fully saturated rings. The van der Waals surface area contributed by atoms with E-state index in [0.29, 0.717) is 17.9 Å². The molecule has 0 spiro atoms. The van der Waals surface area contributed by atoms with Gasteiger partial charge in [-0.3, -0.25) is 4.79 Å². The molecule has 0 atom stereocenters. The van der Waals surface area contributed by atoms with Gasteiger partial charge in [0, 0.05) is 17.9 Å². The van der Waals surface area contributed by atoms with Crippen molar-refractivity contribution < 1.29 is 9.18 Å². The molecular formula is C12H14ClFO. The van der Waals surface area contributed by atoms with E-state index in [2.05, 4.69) is 0 Å². The lowest BCUT2D eigenvalue weighted by molar-refractivity contribution is -0.118. The summed E-state index contributed by atoms with van der Waals surface area (Å²) in [5, 5.41) is 0.443. The maximum Gasteiger partial charge on any atom is 0.132 e. The van der Waals surface area contributed by atoms with Crippen molar-refractivity contribution in [1.82, 2.24) is 0 Å². The van der Waals surface area contributed by atoms with E-state index in [1.807, 2.05) is 6.92 Å². The van der Waals surface area contributed by atoms with E-state index in [-0.39, 0.29) is 11.6 Å². The van der Waals surface area contributed by atoms with Crippen molar-refractivity contribution in [2.45, 2.75) is 32.6 Å². The first kappa shape index (κ1) is 12.2. The third-order valence-electron chi connectivity index (χ3n) is 2.31. The monoisotopic (exact) mass is 228 g/mol. The molecule has 0 aliphatic carbocycles.